The van der Waals surface area contributed by atoms with E-state index in [0.29, 0.717) is 19.6 Å². The first-order valence-electron chi connectivity index (χ1n) is 9.70. The molecule has 7 nitrogen and oxygen atoms in total. The van der Waals surface area contributed by atoms with Crippen molar-refractivity contribution < 1.29 is 19.0 Å². The molecule has 7 heteroatoms. The molecule has 156 valence electrons. The fourth-order valence-corrected chi connectivity index (χ4v) is 3.30. The summed E-state index contributed by atoms with van der Waals surface area (Å²) in [6.45, 7) is 7.33. The average molecular weight is 399 g/mol. The molecule has 1 amide bonds. The van der Waals surface area contributed by atoms with E-state index in [-0.39, 0.29) is 6.09 Å². The minimum Gasteiger partial charge on any atom is -0.497 e. The average Bonchev–Trinajstić information content (AvgIpc) is 2.70. The van der Waals surface area contributed by atoms with Gasteiger partial charge in [-0.15, -0.1) is 0 Å². The van der Waals surface area contributed by atoms with Gasteiger partial charge in [0.05, 0.1) is 14.2 Å². The van der Waals surface area contributed by atoms with E-state index in [1.54, 1.807) is 25.3 Å². The molecule has 0 unspecified atom stereocenters. The largest absolute Gasteiger partial charge is 0.497 e. The van der Waals surface area contributed by atoms with Gasteiger partial charge in [0.1, 0.15) is 22.9 Å². The number of aromatic nitrogens is 1. The fraction of sp³-hybridized carbons (Fsp3) is 0.455. The molecule has 1 aliphatic rings. The van der Waals surface area contributed by atoms with Gasteiger partial charge in [-0.1, -0.05) is 0 Å². The highest BCUT2D eigenvalue weighted by Crippen LogP contribution is 2.28. The van der Waals surface area contributed by atoms with Crippen molar-refractivity contribution in [1.82, 2.24) is 9.88 Å². The maximum Gasteiger partial charge on any atom is 0.410 e. The van der Waals surface area contributed by atoms with Gasteiger partial charge < -0.3 is 24.4 Å². The number of methoxy groups -OCH3 is 2. The Labute approximate surface area is 172 Å². The third-order valence-electron chi connectivity index (χ3n) is 4.74. The van der Waals surface area contributed by atoms with Crippen LogP contribution in [-0.4, -0.2) is 42.3 Å². The molecule has 1 aromatic carbocycles. The minimum atomic E-state index is -0.500. The summed E-state index contributed by atoms with van der Waals surface area (Å²) in [4.78, 5) is 18.6. The van der Waals surface area contributed by atoms with Crippen LogP contribution in [0, 0.1) is 0 Å². The Bertz CT molecular complexity index is 877. The van der Waals surface area contributed by atoms with E-state index in [2.05, 4.69) is 10.3 Å². The first-order valence-corrected chi connectivity index (χ1v) is 9.70. The number of benzene rings is 1. The molecule has 0 aliphatic carbocycles. The summed E-state index contributed by atoms with van der Waals surface area (Å²) in [7, 11) is 3.28. The number of hydrogen-bond acceptors (Lipinski definition) is 6. The van der Waals surface area contributed by atoms with Crippen molar-refractivity contribution in [2.75, 3.05) is 26.1 Å². The van der Waals surface area contributed by atoms with Gasteiger partial charge in [-0.05, 0) is 51.0 Å². The maximum atomic E-state index is 12.4. The van der Waals surface area contributed by atoms with Crippen LogP contribution in [0.4, 0.5) is 10.6 Å². The van der Waals surface area contributed by atoms with Gasteiger partial charge in [0.15, 0.2) is 0 Å². The third-order valence-corrected chi connectivity index (χ3v) is 4.74. The Morgan fingerprint density at radius 1 is 1.21 bits per heavy atom. The Morgan fingerprint density at radius 3 is 2.69 bits per heavy atom. The van der Waals surface area contributed by atoms with Gasteiger partial charge in [0, 0.05) is 43.0 Å². The molecule has 1 aliphatic heterocycles. The number of carbonyl (C=O) groups excluding carboxylic acids is 1. The highest BCUT2D eigenvalue weighted by atomic mass is 16.6. The van der Waals surface area contributed by atoms with Crippen molar-refractivity contribution >= 4 is 11.9 Å². The quantitative estimate of drug-likeness (QED) is 0.819. The fourth-order valence-electron chi connectivity index (χ4n) is 3.30. The van der Waals surface area contributed by atoms with Crippen molar-refractivity contribution in [2.24, 2.45) is 0 Å². The van der Waals surface area contributed by atoms with E-state index in [1.165, 1.54) is 0 Å². The lowest BCUT2D eigenvalue weighted by molar-refractivity contribution is 0.0224. The van der Waals surface area contributed by atoms with Gasteiger partial charge in [-0.2, -0.15) is 0 Å². The topological polar surface area (TPSA) is 72.9 Å². The molecule has 0 atom stereocenters. The summed E-state index contributed by atoms with van der Waals surface area (Å²) in [6.07, 6.45) is 2.22. The van der Waals surface area contributed by atoms with Gasteiger partial charge in [-0.25, -0.2) is 9.78 Å². The molecule has 1 aromatic heterocycles. The second kappa shape index (κ2) is 8.59. The number of nitrogens with zero attached hydrogens (tertiary/aromatic N) is 2. The van der Waals surface area contributed by atoms with E-state index in [4.69, 9.17) is 14.2 Å². The van der Waals surface area contributed by atoms with Gasteiger partial charge >= 0.3 is 6.09 Å². The highest BCUT2D eigenvalue weighted by molar-refractivity contribution is 5.69. The zero-order valence-corrected chi connectivity index (χ0v) is 17.7. The van der Waals surface area contributed by atoms with E-state index < -0.39 is 5.60 Å². The number of carbonyl (C=O) groups is 1. The third kappa shape index (κ3) is 5.10. The maximum absolute atomic E-state index is 12.4. The number of anilines is 1. The number of fused-ring (bicyclic) bond motifs is 1. The molecule has 0 spiro atoms. The lowest BCUT2D eigenvalue weighted by Gasteiger charge is -2.31. The van der Waals surface area contributed by atoms with Crippen molar-refractivity contribution in [3.8, 4) is 11.5 Å². The molecule has 1 N–H and O–H groups in total. The van der Waals surface area contributed by atoms with Crippen LogP contribution in [0.25, 0.3) is 0 Å². The van der Waals surface area contributed by atoms with Gasteiger partial charge in [-0.3, -0.25) is 0 Å². The Morgan fingerprint density at radius 2 is 2.00 bits per heavy atom. The molecule has 2 heterocycles. The predicted octanol–water partition coefficient (Wildman–Crippen LogP) is 4.00. The number of hydrogen-bond donors (Lipinski definition) is 1. The van der Waals surface area contributed by atoms with Crippen LogP contribution in [0.15, 0.2) is 30.5 Å². The molecule has 0 saturated carbocycles. The van der Waals surface area contributed by atoms with Crippen LogP contribution >= 0.6 is 0 Å². The first kappa shape index (κ1) is 20.8. The Balaban J connectivity index is 1.71. The minimum absolute atomic E-state index is 0.280. The van der Waals surface area contributed by atoms with Crippen molar-refractivity contribution in [2.45, 2.75) is 45.9 Å². The lowest BCUT2D eigenvalue weighted by Crippen LogP contribution is -2.40. The Hall–Kier alpha value is -2.96. The van der Waals surface area contributed by atoms with Crippen LogP contribution in [0.1, 0.15) is 37.5 Å². The van der Waals surface area contributed by atoms with Gasteiger partial charge in [0.25, 0.3) is 0 Å². The number of nitrogens with one attached hydrogen (secondary N) is 1. The monoisotopic (exact) mass is 399 g/mol. The molecular weight excluding hydrogens is 370 g/mol. The molecule has 3 rings (SSSR count). The van der Waals surface area contributed by atoms with Crippen LogP contribution in [0.5, 0.6) is 11.5 Å². The zero-order chi connectivity index (χ0) is 21.0. The number of amides is 1. The summed E-state index contributed by atoms with van der Waals surface area (Å²) >= 11 is 0. The Kier molecular flexibility index (Phi) is 6.15. The molecule has 2 aromatic rings. The van der Waals surface area contributed by atoms with Crippen LogP contribution in [0.3, 0.4) is 0 Å². The molecule has 0 saturated heterocycles. The SMILES string of the molecule is COc1ccc(CNc2nccc3c2CCN(C(=O)OC(C)(C)C)C3)c(OC)c1. The summed E-state index contributed by atoms with van der Waals surface area (Å²) < 4.78 is 16.2. The number of pyridine rings is 1. The smallest absolute Gasteiger partial charge is 0.410 e. The summed E-state index contributed by atoms with van der Waals surface area (Å²) in [5, 5.41) is 3.42. The summed E-state index contributed by atoms with van der Waals surface area (Å²) in [5.41, 5.74) is 2.74. The zero-order valence-electron chi connectivity index (χ0n) is 17.7. The standard InChI is InChI=1S/C22H29N3O4/c1-22(2,3)29-21(26)25-11-9-18-16(14-25)8-10-23-20(18)24-13-15-6-7-17(27-4)12-19(15)28-5/h6-8,10,12H,9,11,13-14H2,1-5H3,(H,23,24). The second-order valence-electron chi connectivity index (χ2n) is 7.98. The molecule has 0 radical (unpaired) electrons. The molecular formula is C22H29N3O4. The van der Waals surface area contributed by atoms with Gasteiger partial charge in [0.2, 0.25) is 0 Å². The van der Waals surface area contributed by atoms with Crippen molar-refractivity contribution in [1.29, 1.82) is 0 Å². The van der Waals surface area contributed by atoms with E-state index in [1.807, 2.05) is 45.0 Å². The first-order chi connectivity index (χ1) is 13.8. The summed E-state index contributed by atoms with van der Waals surface area (Å²) in [6, 6.07) is 7.71. The van der Waals surface area contributed by atoms with Crippen molar-refractivity contribution in [3.63, 3.8) is 0 Å². The highest BCUT2D eigenvalue weighted by Gasteiger charge is 2.27. The lowest BCUT2D eigenvalue weighted by atomic mass is 10.0. The number of ether oxygens (including phenoxy) is 3. The van der Waals surface area contributed by atoms with Crippen LogP contribution in [0.2, 0.25) is 0 Å². The van der Waals surface area contributed by atoms with E-state index in [9.17, 15) is 4.79 Å². The second-order valence-corrected chi connectivity index (χ2v) is 7.98. The normalized spacial score (nSPS) is 13.5. The molecule has 0 bridgehead atoms. The predicted molar refractivity (Wildman–Crippen MR) is 111 cm³/mol. The molecule has 29 heavy (non-hydrogen) atoms. The van der Waals surface area contributed by atoms with Crippen molar-refractivity contribution in [3.05, 3.63) is 47.2 Å². The summed E-state index contributed by atoms with van der Waals surface area (Å²) in [5.74, 6) is 2.35. The van der Waals surface area contributed by atoms with Crippen LogP contribution in [-0.2, 0) is 24.2 Å². The van der Waals surface area contributed by atoms with E-state index >= 15 is 0 Å². The van der Waals surface area contributed by atoms with Crippen LogP contribution < -0.4 is 14.8 Å². The van der Waals surface area contributed by atoms with E-state index in [0.717, 1.165) is 40.4 Å². The number of rotatable bonds is 5. The molecule has 0 fully saturated rings.